The molecule has 7 nitrogen and oxygen atoms in total. The van der Waals surface area contributed by atoms with Crippen LogP contribution in [0.25, 0.3) is 0 Å². The van der Waals surface area contributed by atoms with Crippen LogP contribution in [0.15, 0.2) is 0 Å². The summed E-state index contributed by atoms with van der Waals surface area (Å²) in [4.78, 5) is 31.0. The number of hydrogen-bond acceptors (Lipinski definition) is 3. The maximum absolute atomic E-state index is 9.63. The Morgan fingerprint density at radius 3 is 1.09 bits per heavy atom. The molecule has 11 heteroatoms. The molecule has 0 fully saturated rings. The standard InChI is InChI=1S/Na.H4O7P2.Zr.H/c;1-8(2,3)7-9(4,5)6;;/h;(H2,1,2,3)(H2,4,5,6);;. The summed E-state index contributed by atoms with van der Waals surface area (Å²) < 4.78 is 22.2. The molecule has 0 rings (SSSR count). The van der Waals surface area contributed by atoms with E-state index in [2.05, 4.69) is 4.31 Å². The number of phosphoric acid groups is 2. The Morgan fingerprint density at radius 1 is 0.909 bits per heavy atom. The van der Waals surface area contributed by atoms with E-state index >= 15 is 0 Å². The summed E-state index contributed by atoms with van der Waals surface area (Å²) in [6.45, 7) is 0. The van der Waals surface area contributed by atoms with Crippen LogP contribution in [0.4, 0.5) is 0 Å². The van der Waals surface area contributed by atoms with Gasteiger partial charge in [-0.2, -0.15) is 4.31 Å². The predicted molar refractivity (Wildman–Crippen MR) is 32.3 cm³/mol. The Hall–Kier alpha value is 2.14. The molecule has 0 aromatic rings. The SMILES string of the molecule is O=P(O)(O)OP(=O)(O)O.[NaH].[Zr]. The Morgan fingerprint density at radius 2 is 1.09 bits per heavy atom. The van der Waals surface area contributed by atoms with E-state index in [1.54, 1.807) is 0 Å². The van der Waals surface area contributed by atoms with Crippen molar-refractivity contribution in [2.24, 2.45) is 0 Å². The van der Waals surface area contributed by atoms with Crippen molar-refractivity contribution >= 4 is 45.2 Å². The maximum atomic E-state index is 9.63. The van der Waals surface area contributed by atoms with Crippen molar-refractivity contribution in [3.63, 3.8) is 0 Å². The van der Waals surface area contributed by atoms with Crippen molar-refractivity contribution in [3.8, 4) is 0 Å². The molecule has 62 valence electrons. The van der Waals surface area contributed by atoms with Gasteiger partial charge in [0.05, 0.1) is 0 Å². The van der Waals surface area contributed by atoms with Gasteiger partial charge < -0.3 is 19.6 Å². The normalized spacial score (nSPS) is 11.3. The minimum atomic E-state index is -5.05. The second kappa shape index (κ2) is 6.58. The third kappa shape index (κ3) is 18.8. The van der Waals surface area contributed by atoms with Crippen LogP contribution in [-0.4, -0.2) is 49.1 Å². The zero-order chi connectivity index (χ0) is 7.71. The number of rotatable bonds is 2. The van der Waals surface area contributed by atoms with Gasteiger partial charge in [-0.15, -0.1) is 0 Å². The Bertz CT molecular complexity index is 157. The number of hydrogen-bond donors (Lipinski definition) is 4. The summed E-state index contributed by atoms with van der Waals surface area (Å²) in [6.07, 6.45) is 0. The van der Waals surface area contributed by atoms with Gasteiger partial charge in [0.25, 0.3) is 0 Å². The molecule has 0 unspecified atom stereocenters. The first-order chi connectivity index (χ1) is 3.71. The van der Waals surface area contributed by atoms with E-state index in [0.29, 0.717) is 0 Å². The van der Waals surface area contributed by atoms with Crippen LogP contribution in [0.2, 0.25) is 0 Å². The summed E-state index contributed by atoms with van der Waals surface area (Å²) >= 11 is 0. The van der Waals surface area contributed by atoms with Crippen LogP contribution in [0.1, 0.15) is 0 Å². The van der Waals surface area contributed by atoms with E-state index in [0.717, 1.165) is 0 Å². The van der Waals surface area contributed by atoms with Gasteiger partial charge >= 0.3 is 45.2 Å². The third-order valence-corrected chi connectivity index (χ3v) is 1.91. The second-order valence-corrected chi connectivity index (χ2v) is 3.68. The molecule has 0 heterocycles. The predicted octanol–water partition coefficient (Wildman–Crippen LogP) is -1.46. The fraction of sp³-hybridized carbons (Fsp3) is 0. The minimum Gasteiger partial charge on any atom is 0 e. The molecular weight excluding hydrogens is 288 g/mol. The average molecular weight is 293 g/mol. The fourth-order valence-electron chi connectivity index (χ4n) is 0.139. The largest absolute Gasteiger partial charge is 0 e. The van der Waals surface area contributed by atoms with Gasteiger partial charge in [-0.1, -0.05) is 0 Å². The summed E-state index contributed by atoms with van der Waals surface area (Å²) in [5, 5.41) is 0. The Balaban J connectivity index is -0.000000320. The van der Waals surface area contributed by atoms with Gasteiger partial charge in [-0.05, 0) is 0 Å². The van der Waals surface area contributed by atoms with Crippen LogP contribution in [0.3, 0.4) is 0 Å². The minimum absolute atomic E-state index is 0. The summed E-state index contributed by atoms with van der Waals surface area (Å²) in [7, 11) is -10.1. The van der Waals surface area contributed by atoms with Gasteiger partial charge in [0.2, 0.25) is 0 Å². The molecule has 0 aliphatic rings. The van der Waals surface area contributed by atoms with Gasteiger partial charge in [-0.3, -0.25) is 0 Å². The molecule has 0 aromatic carbocycles. The quantitative estimate of drug-likeness (QED) is 0.362. The zero-order valence-electron chi connectivity index (χ0n) is 4.41. The molecule has 0 atom stereocenters. The van der Waals surface area contributed by atoms with Crippen LogP contribution in [-0.2, 0) is 39.6 Å². The van der Waals surface area contributed by atoms with Gasteiger partial charge in [0, 0.05) is 26.2 Å². The van der Waals surface area contributed by atoms with E-state index in [-0.39, 0.29) is 55.8 Å². The van der Waals surface area contributed by atoms with Crippen LogP contribution in [0, 0.1) is 0 Å². The average Bonchev–Trinajstić information content (AvgIpc) is 1.14. The molecule has 0 amide bonds. The fourth-order valence-corrected chi connectivity index (χ4v) is 1.25. The molecule has 0 saturated carbocycles. The van der Waals surface area contributed by atoms with E-state index in [4.69, 9.17) is 19.6 Å². The van der Waals surface area contributed by atoms with Crippen molar-refractivity contribution in [2.75, 3.05) is 0 Å². The zero-order valence-corrected chi connectivity index (χ0v) is 8.65. The van der Waals surface area contributed by atoms with Gasteiger partial charge in [0.1, 0.15) is 0 Å². The summed E-state index contributed by atoms with van der Waals surface area (Å²) in [5.74, 6) is 0. The summed E-state index contributed by atoms with van der Waals surface area (Å²) in [5.41, 5.74) is 0. The van der Waals surface area contributed by atoms with E-state index in [1.165, 1.54) is 0 Å². The van der Waals surface area contributed by atoms with E-state index in [1.807, 2.05) is 0 Å². The smallest absolute Gasteiger partial charge is 0 e. The first-order valence-corrected chi connectivity index (χ1v) is 4.59. The van der Waals surface area contributed by atoms with Gasteiger partial charge in [-0.25, -0.2) is 9.13 Å². The molecule has 0 saturated heterocycles. The van der Waals surface area contributed by atoms with Crippen LogP contribution < -0.4 is 0 Å². The molecular formula is H5NaO7P2Zr. The second-order valence-electron chi connectivity index (χ2n) is 1.06. The van der Waals surface area contributed by atoms with Gasteiger partial charge in [0.15, 0.2) is 0 Å². The van der Waals surface area contributed by atoms with Crippen LogP contribution in [0.5, 0.6) is 0 Å². The van der Waals surface area contributed by atoms with Crippen molar-refractivity contribution in [1.29, 1.82) is 0 Å². The molecule has 0 radical (unpaired) electrons. The molecule has 0 aromatic heterocycles. The maximum Gasteiger partial charge on any atom is 0 e. The molecule has 0 aliphatic heterocycles. The Labute approximate surface area is 103 Å². The molecule has 11 heavy (non-hydrogen) atoms. The molecule has 0 bridgehead atoms. The van der Waals surface area contributed by atoms with Crippen molar-refractivity contribution in [3.05, 3.63) is 0 Å². The molecule has 0 aliphatic carbocycles. The summed E-state index contributed by atoms with van der Waals surface area (Å²) in [6, 6.07) is 0. The van der Waals surface area contributed by atoms with E-state index in [9.17, 15) is 9.13 Å². The molecule has 4 N–H and O–H groups in total. The van der Waals surface area contributed by atoms with Crippen molar-refractivity contribution in [1.82, 2.24) is 0 Å². The third-order valence-electron chi connectivity index (χ3n) is 0.213. The van der Waals surface area contributed by atoms with Crippen molar-refractivity contribution < 1.29 is 59.2 Å². The monoisotopic (exact) mass is 292 g/mol. The first kappa shape index (κ1) is 18.8. The van der Waals surface area contributed by atoms with Crippen molar-refractivity contribution in [2.45, 2.75) is 0 Å². The molecule has 0 spiro atoms. The van der Waals surface area contributed by atoms with Crippen LogP contribution >= 0.6 is 15.6 Å². The van der Waals surface area contributed by atoms with E-state index < -0.39 is 15.6 Å². The topological polar surface area (TPSA) is 124 Å². The first-order valence-electron chi connectivity index (χ1n) is 1.53. The Kier molecular flexibility index (Phi) is 11.3.